The van der Waals surface area contributed by atoms with Crippen LogP contribution in [0.15, 0.2) is 22.1 Å². The topological polar surface area (TPSA) is 97.2 Å². The Bertz CT molecular complexity index is 827. The molecule has 0 radical (unpaired) electrons. The van der Waals surface area contributed by atoms with Crippen molar-refractivity contribution < 1.29 is 14.2 Å². The van der Waals surface area contributed by atoms with Gasteiger partial charge in [-0.3, -0.25) is 4.79 Å². The Labute approximate surface area is 137 Å². The third-order valence-electron chi connectivity index (χ3n) is 3.17. The van der Waals surface area contributed by atoms with E-state index in [4.69, 9.17) is 14.2 Å². The standard InChI is InChI=1S/C15H15N3O4S/c1-20-9-5-6-10(21-2)13(22-3)11(9)12-8(7-16)14(19)18-15(17-12)23-4/h5-6H,1-4H3,(H,17,18,19). The number of aromatic nitrogens is 2. The summed E-state index contributed by atoms with van der Waals surface area (Å²) in [6.07, 6.45) is 1.77. The number of nitrogens with one attached hydrogen (secondary N) is 1. The van der Waals surface area contributed by atoms with Crippen LogP contribution in [-0.2, 0) is 0 Å². The van der Waals surface area contributed by atoms with Crippen molar-refractivity contribution in [2.75, 3.05) is 27.6 Å². The predicted molar refractivity (Wildman–Crippen MR) is 86.4 cm³/mol. The SMILES string of the molecule is COc1ccc(OC)c(-c2nc(SC)[nH]c(=O)c2C#N)c1OC. The number of H-pyrrole nitrogens is 1. The van der Waals surface area contributed by atoms with Gasteiger partial charge >= 0.3 is 0 Å². The molecule has 0 unspecified atom stereocenters. The zero-order chi connectivity index (χ0) is 17.0. The molecule has 23 heavy (non-hydrogen) atoms. The first-order valence-electron chi connectivity index (χ1n) is 6.49. The molecule has 1 N–H and O–H groups in total. The Morgan fingerprint density at radius 2 is 1.83 bits per heavy atom. The van der Waals surface area contributed by atoms with Gasteiger partial charge in [-0.15, -0.1) is 0 Å². The van der Waals surface area contributed by atoms with Crippen LogP contribution in [-0.4, -0.2) is 37.6 Å². The van der Waals surface area contributed by atoms with Crippen LogP contribution in [0.3, 0.4) is 0 Å². The van der Waals surface area contributed by atoms with Gasteiger partial charge in [-0.1, -0.05) is 11.8 Å². The number of nitrogens with zero attached hydrogens (tertiary/aromatic N) is 2. The second-order valence-electron chi connectivity index (χ2n) is 4.29. The Hall–Kier alpha value is -2.66. The molecule has 0 aliphatic heterocycles. The summed E-state index contributed by atoms with van der Waals surface area (Å²) in [5.41, 5.74) is -0.0538. The van der Waals surface area contributed by atoms with Crippen LogP contribution in [0, 0.1) is 11.3 Å². The van der Waals surface area contributed by atoms with Crippen molar-refractivity contribution in [3.05, 3.63) is 28.0 Å². The maximum Gasteiger partial charge on any atom is 0.270 e. The Balaban J connectivity index is 2.93. The van der Waals surface area contributed by atoms with E-state index in [9.17, 15) is 10.1 Å². The summed E-state index contributed by atoms with van der Waals surface area (Å²) >= 11 is 1.26. The van der Waals surface area contributed by atoms with Gasteiger partial charge in [-0.05, 0) is 18.4 Å². The number of aromatic amines is 1. The lowest BCUT2D eigenvalue weighted by Crippen LogP contribution is -2.15. The van der Waals surface area contributed by atoms with Gasteiger partial charge in [0.1, 0.15) is 23.1 Å². The van der Waals surface area contributed by atoms with Crippen LogP contribution >= 0.6 is 11.8 Å². The second-order valence-corrected chi connectivity index (χ2v) is 5.08. The molecular formula is C15H15N3O4S. The summed E-state index contributed by atoms with van der Waals surface area (Å²) in [6, 6.07) is 5.23. The minimum Gasteiger partial charge on any atom is -0.496 e. The first-order valence-corrected chi connectivity index (χ1v) is 7.71. The van der Waals surface area contributed by atoms with Crippen LogP contribution in [0.2, 0.25) is 0 Å². The van der Waals surface area contributed by atoms with E-state index >= 15 is 0 Å². The van der Waals surface area contributed by atoms with E-state index in [1.54, 1.807) is 18.4 Å². The average Bonchev–Trinajstić information content (AvgIpc) is 2.59. The molecule has 1 aromatic heterocycles. The number of hydrogen-bond donors (Lipinski definition) is 1. The zero-order valence-corrected chi connectivity index (χ0v) is 13.9. The molecule has 0 bridgehead atoms. The summed E-state index contributed by atoms with van der Waals surface area (Å²) in [4.78, 5) is 19.0. The second kappa shape index (κ2) is 7.07. The van der Waals surface area contributed by atoms with Crippen molar-refractivity contribution in [2.45, 2.75) is 5.16 Å². The fourth-order valence-corrected chi connectivity index (χ4v) is 2.51. The lowest BCUT2D eigenvalue weighted by Gasteiger charge is -2.16. The maximum absolute atomic E-state index is 12.1. The monoisotopic (exact) mass is 333 g/mol. The third kappa shape index (κ3) is 2.96. The van der Waals surface area contributed by atoms with Crippen LogP contribution in [0.5, 0.6) is 17.2 Å². The number of ether oxygens (including phenoxy) is 3. The Morgan fingerprint density at radius 1 is 1.17 bits per heavy atom. The highest BCUT2D eigenvalue weighted by Crippen LogP contribution is 2.44. The molecule has 0 aliphatic carbocycles. The highest BCUT2D eigenvalue weighted by atomic mass is 32.2. The van der Waals surface area contributed by atoms with Crippen LogP contribution < -0.4 is 19.8 Å². The van der Waals surface area contributed by atoms with E-state index in [0.29, 0.717) is 28.0 Å². The summed E-state index contributed by atoms with van der Waals surface area (Å²) in [5.74, 6) is 1.21. The Kier molecular flexibility index (Phi) is 5.13. The molecule has 7 nitrogen and oxygen atoms in total. The van der Waals surface area contributed by atoms with Gasteiger partial charge in [-0.2, -0.15) is 5.26 Å². The first kappa shape index (κ1) is 16.7. The zero-order valence-electron chi connectivity index (χ0n) is 13.1. The highest BCUT2D eigenvalue weighted by Gasteiger charge is 2.23. The van der Waals surface area contributed by atoms with E-state index in [2.05, 4.69) is 9.97 Å². The lowest BCUT2D eigenvalue weighted by atomic mass is 10.0. The Morgan fingerprint density at radius 3 is 2.35 bits per heavy atom. The number of methoxy groups -OCH3 is 3. The van der Waals surface area contributed by atoms with Crippen molar-refractivity contribution in [3.8, 4) is 34.6 Å². The fourth-order valence-electron chi connectivity index (χ4n) is 2.14. The molecule has 0 amide bonds. The van der Waals surface area contributed by atoms with E-state index in [1.807, 2.05) is 6.07 Å². The fraction of sp³-hybridized carbons (Fsp3) is 0.267. The normalized spacial score (nSPS) is 10.0. The largest absolute Gasteiger partial charge is 0.496 e. The van der Waals surface area contributed by atoms with Gasteiger partial charge in [0.25, 0.3) is 5.56 Å². The van der Waals surface area contributed by atoms with Gasteiger partial charge in [0.15, 0.2) is 16.7 Å². The molecule has 8 heteroatoms. The summed E-state index contributed by atoms with van der Waals surface area (Å²) < 4.78 is 16.0. The molecule has 2 aromatic rings. The van der Waals surface area contributed by atoms with Gasteiger partial charge in [0.05, 0.1) is 26.9 Å². The highest BCUT2D eigenvalue weighted by molar-refractivity contribution is 7.98. The molecule has 1 heterocycles. The molecule has 0 atom stereocenters. The van der Waals surface area contributed by atoms with Gasteiger partial charge < -0.3 is 19.2 Å². The van der Waals surface area contributed by atoms with E-state index in [1.165, 1.54) is 33.1 Å². The molecule has 120 valence electrons. The van der Waals surface area contributed by atoms with Crippen LogP contribution in [0.25, 0.3) is 11.3 Å². The van der Waals surface area contributed by atoms with E-state index in [0.717, 1.165) is 0 Å². The number of benzene rings is 1. The van der Waals surface area contributed by atoms with Gasteiger partial charge in [-0.25, -0.2) is 4.98 Å². The van der Waals surface area contributed by atoms with Gasteiger partial charge in [0, 0.05) is 0 Å². The maximum atomic E-state index is 12.1. The minimum atomic E-state index is -0.520. The van der Waals surface area contributed by atoms with Crippen molar-refractivity contribution in [2.24, 2.45) is 0 Å². The summed E-state index contributed by atoms with van der Waals surface area (Å²) in [5, 5.41) is 9.73. The van der Waals surface area contributed by atoms with Crippen LogP contribution in [0.1, 0.15) is 5.56 Å². The number of hydrogen-bond acceptors (Lipinski definition) is 7. The van der Waals surface area contributed by atoms with Crippen LogP contribution in [0.4, 0.5) is 0 Å². The number of nitriles is 1. The smallest absolute Gasteiger partial charge is 0.270 e. The molecule has 0 fully saturated rings. The number of thioether (sulfide) groups is 1. The summed E-state index contributed by atoms with van der Waals surface area (Å²) in [6.45, 7) is 0. The van der Waals surface area contributed by atoms with E-state index < -0.39 is 5.56 Å². The predicted octanol–water partition coefficient (Wildman–Crippen LogP) is 2.06. The molecule has 0 saturated heterocycles. The molecule has 0 aliphatic rings. The molecule has 0 saturated carbocycles. The quantitative estimate of drug-likeness (QED) is 0.660. The van der Waals surface area contributed by atoms with Crippen molar-refractivity contribution in [3.63, 3.8) is 0 Å². The average molecular weight is 333 g/mol. The molecule has 2 rings (SSSR count). The van der Waals surface area contributed by atoms with Crippen molar-refractivity contribution in [1.29, 1.82) is 5.26 Å². The molecule has 0 spiro atoms. The van der Waals surface area contributed by atoms with Gasteiger partial charge in [0.2, 0.25) is 0 Å². The van der Waals surface area contributed by atoms with Crippen molar-refractivity contribution in [1.82, 2.24) is 9.97 Å². The number of rotatable bonds is 5. The van der Waals surface area contributed by atoms with Crippen molar-refractivity contribution >= 4 is 11.8 Å². The minimum absolute atomic E-state index is 0.118. The third-order valence-corrected chi connectivity index (χ3v) is 3.75. The first-order chi connectivity index (χ1) is 11.1. The molecule has 1 aromatic carbocycles. The lowest BCUT2D eigenvalue weighted by molar-refractivity contribution is 0.350. The molecular weight excluding hydrogens is 318 g/mol. The summed E-state index contributed by atoms with van der Waals surface area (Å²) in [7, 11) is 4.45. The van der Waals surface area contributed by atoms with E-state index in [-0.39, 0.29) is 11.3 Å².